The molecule has 0 aliphatic heterocycles. The van der Waals surface area contributed by atoms with E-state index in [-0.39, 0.29) is 5.04 Å². The van der Waals surface area contributed by atoms with Crippen molar-refractivity contribution in [3.8, 4) is 0 Å². The zero-order chi connectivity index (χ0) is 18.8. The molecule has 0 spiro atoms. The van der Waals surface area contributed by atoms with Crippen LogP contribution >= 0.6 is 22.6 Å². The Morgan fingerprint density at radius 3 is 2.25 bits per heavy atom. The van der Waals surface area contributed by atoms with Gasteiger partial charge in [-0.05, 0) is 57.7 Å². The zero-order valence-electron chi connectivity index (χ0n) is 17.2. The summed E-state index contributed by atoms with van der Waals surface area (Å²) in [6, 6.07) is 0. The first-order valence-corrected chi connectivity index (χ1v) is 13.5. The van der Waals surface area contributed by atoms with E-state index in [1.807, 2.05) is 0 Å². The molecule has 0 heterocycles. The van der Waals surface area contributed by atoms with Gasteiger partial charge in [-0.3, -0.25) is 0 Å². The van der Waals surface area contributed by atoms with Crippen LogP contribution in [-0.2, 0) is 9.16 Å². The molecule has 1 atom stereocenters. The number of rotatable bonds is 11. The first-order valence-electron chi connectivity index (χ1n) is 9.09. The Labute approximate surface area is 165 Å². The van der Waals surface area contributed by atoms with Crippen LogP contribution in [-0.4, -0.2) is 32.6 Å². The fourth-order valence-corrected chi connectivity index (χ4v) is 4.27. The van der Waals surface area contributed by atoms with E-state index >= 15 is 0 Å². The predicted octanol–water partition coefficient (Wildman–Crippen LogP) is 6.91. The molecule has 0 radical (unpaired) electrons. The van der Waals surface area contributed by atoms with Crippen LogP contribution in [0.5, 0.6) is 0 Å². The Balaban J connectivity index is 5.11. The molecule has 142 valence electrons. The number of alkyl halides is 1. The second-order valence-corrected chi connectivity index (χ2v) is 14.2. The lowest BCUT2D eigenvalue weighted by Crippen LogP contribution is -2.44. The average Bonchev–Trinajstić information content (AvgIpc) is 2.43. The Hall–Kier alpha value is 0.347. The summed E-state index contributed by atoms with van der Waals surface area (Å²) in [5, 5.41) is 0.260. The van der Waals surface area contributed by atoms with Gasteiger partial charge in [0.25, 0.3) is 0 Å². The minimum absolute atomic E-state index is 0.260. The van der Waals surface area contributed by atoms with E-state index in [4.69, 9.17) is 9.16 Å². The van der Waals surface area contributed by atoms with E-state index in [2.05, 4.69) is 82.5 Å². The van der Waals surface area contributed by atoms with Crippen molar-refractivity contribution in [3.63, 3.8) is 0 Å². The quantitative estimate of drug-likeness (QED) is 0.108. The Bertz CT molecular complexity index is 404. The largest absolute Gasteiger partial charge is 0.414 e. The fraction of sp³-hybridized carbons (Fsp3) is 0.800. The molecule has 0 aromatic carbocycles. The normalized spacial score (nSPS) is 14.6. The van der Waals surface area contributed by atoms with Gasteiger partial charge in [-0.15, -0.1) is 0 Å². The summed E-state index contributed by atoms with van der Waals surface area (Å²) in [5.74, 6) is 0. The number of ether oxygens (including phenoxy) is 1. The molecular formula is C20H39IO2Si. The van der Waals surface area contributed by atoms with Gasteiger partial charge >= 0.3 is 0 Å². The van der Waals surface area contributed by atoms with Crippen molar-refractivity contribution in [3.05, 3.63) is 23.3 Å². The maximum atomic E-state index is 6.73. The van der Waals surface area contributed by atoms with Gasteiger partial charge in [-0.25, -0.2) is 0 Å². The van der Waals surface area contributed by atoms with Gasteiger partial charge in [0.15, 0.2) is 8.32 Å². The van der Waals surface area contributed by atoms with E-state index in [0.717, 1.165) is 36.7 Å². The lowest BCUT2D eigenvalue weighted by molar-refractivity contribution is 0.174. The maximum Gasteiger partial charge on any atom is 0.192 e. The van der Waals surface area contributed by atoms with Crippen LogP contribution in [0.1, 0.15) is 60.3 Å². The maximum absolute atomic E-state index is 6.73. The molecule has 0 aromatic heterocycles. The molecule has 0 N–H and O–H groups in total. The number of hydrogen-bond acceptors (Lipinski definition) is 2. The minimum Gasteiger partial charge on any atom is -0.414 e. The number of halogens is 1. The van der Waals surface area contributed by atoms with Gasteiger partial charge in [0.2, 0.25) is 0 Å². The van der Waals surface area contributed by atoms with E-state index in [1.54, 1.807) is 7.11 Å². The summed E-state index contributed by atoms with van der Waals surface area (Å²) >= 11 is 2.47. The van der Waals surface area contributed by atoms with Crippen molar-refractivity contribution in [1.82, 2.24) is 0 Å². The van der Waals surface area contributed by atoms with E-state index in [0.29, 0.717) is 6.10 Å². The van der Waals surface area contributed by atoms with Crippen LogP contribution in [0.25, 0.3) is 0 Å². The summed E-state index contributed by atoms with van der Waals surface area (Å²) in [4.78, 5) is 0. The second-order valence-electron chi connectivity index (χ2n) is 8.35. The summed E-state index contributed by atoms with van der Waals surface area (Å²) in [5.41, 5.74) is 2.83. The molecule has 0 aliphatic carbocycles. The van der Waals surface area contributed by atoms with Gasteiger partial charge in [-0.1, -0.05) is 66.7 Å². The molecule has 0 saturated carbocycles. The number of hydrogen-bond donors (Lipinski definition) is 0. The van der Waals surface area contributed by atoms with Gasteiger partial charge in [0.1, 0.15) is 0 Å². The van der Waals surface area contributed by atoms with Crippen molar-refractivity contribution >= 4 is 30.9 Å². The highest BCUT2D eigenvalue weighted by Crippen LogP contribution is 2.38. The molecule has 0 amide bonds. The Morgan fingerprint density at radius 1 is 1.17 bits per heavy atom. The molecule has 4 heteroatoms. The van der Waals surface area contributed by atoms with Crippen molar-refractivity contribution in [1.29, 1.82) is 0 Å². The molecule has 0 bridgehead atoms. The molecule has 0 saturated heterocycles. The third kappa shape index (κ3) is 10.4. The first-order chi connectivity index (χ1) is 11.0. The first kappa shape index (κ1) is 24.3. The molecule has 24 heavy (non-hydrogen) atoms. The second kappa shape index (κ2) is 11.9. The van der Waals surface area contributed by atoms with Gasteiger partial charge in [0, 0.05) is 24.2 Å². The molecule has 0 aliphatic rings. The topological polar surface area (TPSA) is 18.5 Å². The highest BCUT2D eigenvalue weighted by atomic mass is 127. The Morgan fingerprint density at radius 2 is 1.79 bits per heavy atom. The number of methoxy groups -OCH3 is 1. The summed E-state index contributed by atoms with van der Waals surface area (Å²) in [6.07, 6.45) is 9.22. The van der Waals surface area contributed by atoms with Crippen molar-refractivity contribution in [2.75, 3.05) is 18.1 Å². The van der Waals surface area contributed by atoms with Crippen molar-refractivity contribution < 1.29 is 9.16 Å². The summed E-state index contributed by atoms with van der Waals surface area (Å²) in [6.45, 7) is 16.8. The number of allylic oxidation sites excluding steroid dienone is 3. The van der Waals surface area contributed by atoms with Crippen LogP contribution in [0, 0.1) is 0 Å². The molecule has 0 fully saturated rings. The molecule has 0 aromatic rings. The van der Waals surface area contributed by atoms with Crippen LogP contribution in [0.15, 0.2) is 23.3 Å². The summed E-state index contributed by atoms with van der Waals surface area (Å²) in [7, 11) is 0.0511. The SMILES string of the molecule is COCCC/C(=C\C=C(C)C)CC(CCI)O[Si](C)(C)C(C)(C)C. The molecule has 0 rings (SSSR count). The van der Waals surface area contributed by atoms with E-state index in [1.165, 1.54) is 11.1 Å². The molecular weight excluding hydrogens is 427 g/mol. The van der Waals surface area contributed by atoms with Gasteiger partial charge in [-0.2, -0.15) is 0 Å². The van der Waals surface area contributed by atoms with Crippen LogP contribution in [0.3, 0.4) is 0 Å². The summed E-state index contributed by atoms with van der Waals surface area (Å²) < 4.78 is 13.1. The lowest BCUT2D eigenvalue weighted by atomic mass is 10.0. The van der Waals surface area contributed by atoms with Gasteiger partial charge < -0.3 is 9.16 Å². The molecule has 2 nitrogen and oxygen atoms in total. The van der Waals surface area contributed by atoms with Crippen LogP contribution in [0.2, 0.25) is 18.1 Å². The van der Waals surface area contributed by atoms with Gasteiger partial charge in [0.05, 0.1) is 0 Å². The third-order valence-electron chi connectivity index (χ3n) is 4.69. The highest BCUT2D eigenvalue weighted by Gasteiger charge is 2.39. The zero-order valence-corrected chi connectivity index (χ0v) is 20.3. The molecule has 1 unspecified atom stereocenters. The third-order valence-corrected chi connectivity index (χ3v) is 9.84. The minimum atomic E-state index is -1.73. The average molecular weight is 467 g/mol. The standard InChI is InChI=1S/C20H39IO2Si/c1-17(2)11-12-18(10-9-15-22-6)16-19(13-14-21)23-24(7,8)20(3,4)5/h11-12,19H,9-10,13-16H2,1-8H3/b18-12+. The predicted molar refractivity (Wildman–Crippen MR) is 119 cm³/mol. The van der Waals surface area contributed by atoms with Crippen molar-refractivity contribution in [2.24, 2.45) is 0 Å². The monoisotopic (exact) mass is 466 g/mol. The van der Waals surface area contributed by atoms with Crippen LogP contribution in [0.4, 0.5) is 0 Å². The van der Waals surface area contributed by atoms with Crippen molar-refractivity contribution in [2.45, 2.75) is 84.5 Å². The highest BCUT2D eigenvalue weighted by molar-refractivity contribution is 14.1. The van der Waals surface area contributed by atoms with Crippen LogP contribution < -0.4 is 0 Å². The van der Waals surface area contributed by atoms with E-state index < -0.39 is 8.32 Å². The Kier molecular flexibility index (Phi) is 12.0. The smallest absolute Gasteiger partial charge is 0.192 e. The van der Waals surface area contributed by atoms with E-state index in [9.17, 15) is 0 Å². The fourth-order valence-electron chi connectivity index (χ4n) is 2.19. The lowest BCUT2D eigenvalue weighted by Gasteiger charge is -2.39.